The Morgan fingerprint density at radius 2 is 2.14 bits per heavy atom. The van der Waals surface area contributed by atoms with Gasteiger partial charge in [0, 0.05) is 18.8 Å². The SMILES string of the molecule is CCCCCN1CCCc2cc(OCC(=O)OCC)ccc21. The van der Waals surface area contributed by atoms with Gasteiger partial charge in [-0.25, -0.2) is 4.79 Å². The number of hydrogen-bond acceptors (Lipinski definition) is 4. The van der Waals surface area contributed by atoms with Crippen molar-refractivity contribution in [3.8, 4) is 5.75 Å². The van der Waals surface area contributed by atoms with Crippen molar-refractivity contribution in [2.45, 2.75) is 46.0 Å². The summed E-state index contributed by atoms with van der Waals surface area (Å²) in [6.07, 6.45) is 6.04. The van der Waals surface area contributed by atoms with Crippen LogP contribution in [0.15, 0.2) is 18.2 Å². The summed E-state index contributed by atoms with van der Waals surface area (Å²) >= 11 is 0. The molecule has 0 atom stereocenters. The molecule has 0 radical (unpaired) electrons. The molecule has 2 rings (SSSR count). The fourth-order valence-corrected chi connectivity index (χ4v) is 2.87. The van der Waals surface area contributed by atoms with Crippen LogP contribution in [-0.2, 0) is 16.0 Å². The molecule has 1 aromatic rings. The predicted molar refractivity (Wildman–Crippen MR) is 88.6 cm³/mol. The van der Waals surface area contributed by atoms with E-state index in [9.17, 15) is 4.79 Å². The number of carbonyl (C=O) groups excluding carboxylic acids is 1. The molecule has 4 nitrogen and oxygen atoms in total. The molecule has 0 saturated heterocycles. The number of esters is 1. The van der Waals surface area contributed by atoms with E-state index in [4.69, 9.17) is 9.47 Å². The van der Waals surface area contributed by atoms with Crippen molar-refractivity contribution in [2.75, 3.05) is 31.2 Å². The van der Waals surface area contributed by atoms with E-state index in [1.54, 1.807) is 6.92 Å². The van der Waals surface area contributed by atoms with Gasteiger partial charge < -0.3 is 14.4 Å². The lowest BCUT2D eigenvalue weighted by Crippen LogP contribution is -2.30. The van der Waals surface area contributed by atoms with Crippen molar-refractivity contribution in [1.82, 2.24) is 0 Å². The summed E-state index contributed by atoms with van der Waals surface area (Å²) in [5.41, 5.74) is 2.65. The highest BCUT2D eigenvalue weighted by Gasteiger charge is 2.17. The zero-order chi connectivity index (χ0) is 15.8. The van der Waals surface area contributed by atoms with Gasteiger partial charge in [0.15, 0.2) is 6.61 Å². The third-order valence-electron chi connectivity index (χ3n) is 3.96. The second kappa shape index (κ2) is 8.66. The molecule has 0 aliphatic carbocycles. The monoisotopic (exact) mass is 305 g/mol. The van der Waals surface area contributed by atoms with Crippen LogP contribution < -0.4 is 9.64 Å². The number of anilines is 1. The minimum absolute atomic E-state index is 0.0210. The lowest BCUT2D eigenvalue weighted by atomic mass is 10.0. The summed E-state index contributed by atoms with van der Waals surface area (Å²) in [4.78, 5) is 13.8. The van der Waals surface area contributed by atoms with Crippen molar-refractivity contribution in [1.29, 1.82) is 0 Å². The number of hydrogen-bond donors (Lipinski definition) is 0. The van der Waals surface area contributed by atoms with Gasteiger partial charge in [-0.3, -0.25) is 0 Å². The Balaban J connectivity index is 1.96. The first-order valence-corrected chi connectivity index (χ1v) is 8.41. The van der Waals surface area contributed by atoms with Crippen LogP contribution in [0.5, 0.6) is 5.75 Å². The van der Waals surface area contributed by atoms with E-state index in [1.807, 2.05) is 6.07 Å². The standard InChI is InChI=1S/C18H27NO3/c1-3-5-6-11-19-12-7-8-15-13-16(9-10-17(15)19)22-14-18(20)21-4-2/h9-10,13H,3-8,11-12,14H2,1-2H3. The van der Waals surface area contributed by atoms with Gasteiger partial charge in [-0.05, 0) is 49.9 Å². The van der Waals surface area contributed by atoms with Gasteiger partial charge in [0.25, 0.3) is 0 Å². The summed E-state index contributed by atoms with van der Waals surface area (Å²) in [6.45, 7) is 6.66. The van der Waals surface area contributed by atoms with E-state index >= 15 is 0 Å². The van der Waals surface area contributed by atoms with Gasteiger partial charge in [0.05, 0.1) is 6.61 Å². The van der Waals surface area contributed by atoms with Crippen molar-refractivity contribution >= 4 is 11.7 Å². The number of carbonyl (C=O) groups is 1. The van der Waals surface area contributed by atoms with Crippen LogP contribution in [0.3, 0.4) is 0 Å². The van der Waals surface area contributed by atoms with Crippen molar-refractivity contribution in [3.05, 3.63) is 23.8 Å². The van der Waals surface area contributed by atoms with Crippen LogP contribution >= 0.6 is 0 Å². The minimum Gasteiger partial charge on any atom is -0.482 e. The molecule has 122 valence electrons. The Labute approximate surface area is 133 Å². The van der Waals surface area contributed by atoms with E-state index in [0.29, 0.717) is 6.61 Å². The van der Waals surface area contributed by atoms with Crippen molar-refractivity contribution in [2.24, 2.45) is 0 Å². The average molecular weight is 305 g/mol. The maximum absolute atomic E-state index is 11.3. The van der Waals surface area contributed by atoms with E-state index in [2.05, 4.69) is 24.0 Å². The van der Waals surface area contributed by atoms with Gasteiger partial charge in [0.1, 0.15) is 5.75 Å². The predicted octanol–water partition coefficient (Wildman–Crippen LogP) is 3.57. The molecule has 0 unspecified atom stereocenters. The Morgan fingerprint density at radius 3 is 2.91 bits per heavy atom. The number of unbranched alkanes of at least 4 members (excludes halogenated alkanes) is 2. The molecule has 0 aromatic heterocycles. The van der Waals surface area contributed by atoms with Crippen LogP contribution in [0.25, 0.3) is 0 Å². The fraction of sp³-hybridized carbons (Fsp3) is 0.611. The number of nitrogens with zero attached hydrogens (tertiary/aromatic N) is 1. The second-order valence-corrected chi connectivity index (χ2v) is 5.68. The van der Waals surface area contributed by atoms with Gasteiger partial charge in [-0.15, -0.1) is 0 Å². The van der Waals surface area contributed by atoms with Crippen LogP contribution in [0, 0.1) is 0 Å². The summed E-state index contributed by atoms with van der Waals surface area (Å²) < 4.78 is 10.4. The molecule has 0 saturated carbocycles. The molecular weight excluding hydrogens is 278 g/mol. The fourth-order valence-electron chi connectivity index (χ4n) is 2.87. The maximum atomic E-state index is 11.3. The van der Waals surface area contributed by atoms with Gasteiger partial charge in [0.2, 0.25) is 0 Å². The zero-order valence-corrected chi connectivity index (χ0v) is 13.8. The van der Waals surface area contributed by atoms with E-state index in [0.717, 1.165) is 25.3 Å². The molecule has 0 bridgehead atoms. The highest BCUT2D eigenvalue weighted by Crippen LogP contribution is 2.30. The second-order valence-electron chi connectivity index (χ2n) is 5.68. The molecule has 1 aromatic carbocycles. The highest BCUT2D eigenvalue weighted by molar-refractivity contribution is 5.71. The first-order valence-electron chi connectivity index (χ1n) is 8.41. The summed E-state index contributed by atoms with van der Waals surface area (Å²) in [7, 11) is 0. The molecule has 1 heterocycles. The molecule has 4 heteroatoms. The van der Waals surface area contributed by atoms with Gasteiger partial charge in [-0.1, -0.05) is 19.8 Å². The first-order chi connectivity index (χ1) is 10.7. The largest absolute Gasteiger partial charge is 0.482 e. The third-order valence-corrected chi connectivity index (χ3v) is 3.96. The van der Waals surface area contributed by atoms with E-state index < -0.39 is 0 Å². The molecule has 0 fully saturated rings. The topological polar surface area (TPSA) is 38.8 Å². The molecule has 22 heavy (non-hydrogen) atoms. The average Bonchev–Trinajstić information content (AvgIpc) is 2.53. The number of ether oxygens (including phenoxy) is 2. The van der Waals surface area contributed by atoms with Gasteiger partial charge in [-0.2, -0.15) is 0 Å². The summed E-state index contributed by atoms with van der Waals surface area (Å²) in [5.74, 6) is 0.434. The normalized spacial score (nSPS) is 13.6. The van der Waals surface area contributed by atoms with Crippen LogP contribution in [0.1, 0.15) is 45.1 Å². The van der Waals surface area contributed by atoms with Crippen LogP contribution in [0.2, 0.25) is 0 Å². The number of rotatable bonds is 8. The van der Waals surface area contributed by atoms with Crippen molar-refractivity contribution < 1.29 is 14.3 Å². The summed E-state index contributed by atoms with van der Waals surface area (Å²) in [6, 6.07) is 6.15. The Bertz CT molecular complexity index is 487. The Kier molecular flexibility index (Phi) is 6.56. The molecule has 0 N–H and O–H groups in total. The molecule has 1 aliphatic heterocycles. The highest BCUT2D eigenvalue weighted by atomic mass is 16.6. The van der Waals surface area contributed by atoms with Crippen LogP contribution in [-0.4, -0.2) is 32.3 Å². The number of aryl methyl sites for hydroxylation is 1. The number of fused-ring (bicyclic) bond motifs is 1. The Morgan fingerprint density at radius 1 is 1.27 bits per heavy atom. The molecule has 0 amide bonds. The molecule has 0 spiro atoms. The molecular formula is C18H27NO3. The van der Waals surface area contributed by atoms with Crippen LogP contribution in [0.4, 0.5) is 5.69 Å². The zero-order valence-electron chi connectivity index (χ0n) is 13.8. The lowest BCUT2D eigenvalue weighted by molar-refractivity contribution is -0.145. The van der Waals surface area contributed by atoms with Crippen molar-refractivity contribution in [3.63, 3.8) is 0 Å². The quantitative estimate of drug-likeness (QED) is 0.543. The van der Waals surface area contributed by atoms with E-state index in [1.165, 1.54) is 36.9 Å². The first kappa shape index (κ1) is 16.7. The van der Waals surface area contributed by atoms with Gasteiger partial charge >= 0.3 is 5.97 Å². The maximum Gasteiger partial charge on any atom is 0.344 e. The third kappa shape index (κ3) is 4.65. The molecule has 1 aliphatic rings. The summed E-state index contributed by atoms with van der Waals surface area (Å²) in [5, 5.41) is 0. The lowest BCUT2D eigenvalue weighted by Gasteiger charge is -2.31. The van der Waals surface area contributed by atoms with E-state index in [-0.39, 0.29) is 12.6 Å². The Hall–Kier alpha value is -1.71. The number of benzene rings is 1. The smallest absolute Gasteiger partial charge is 0.344 e. The minimum atomic E-state index is -0.318.